The van der Waals surface area contributed by atoms with Crippen molar-refractivity contribution in [3.05, 3.63) is 59.7 Å². The fraction of sp³-hybridized carbons (Fsp3) is 0.409. The minimum absolute atomic E-state index is 0.327. The van der Waals surface area contributed by atoms with E-state index in [1.165, 1.54) is 23.1 Å². The van der Waals surface area contributed by atoms with Crippen molar-refractivity contribution in [2.75, 3.05) is 32.5 Å². The zero-order chi connectivity index (χ0) is 21.6. The van der Waals surface area contributed by atoms with E-state index in [2.05, 4.69) is 5.32 Å². The van der Waals surface area contributed by atoms with E-state index in [4.69, 9.17) is 4.74 Å². The monoisotopic (exact) mass is 405 g/mol. The molecule has 5 nitrogen and oxygen atoms in total. The molecule has 1 N–H and O–H groups in total. The minimum Gasteiger partial charge on any atom is -0.444 e. The lowest BCUT2D eigenvalue weighted by Crippen LogP contribution is -2.38. The smallest absolute Gasteiger partial charge is 0.410 e. The average Bonchev–Trinajstić information content (AvgIpc) is 2.63. The number of benzene rings is 2. The van der Waals surface area contributed by atoms with Gasteiger partial charge in [-0.2, -0.15) is 0 Å². The Bertz CT molecular complexity index is 820. The number of nitrogens with one attached hydrogen (secondary N) is 1. The predicted octanol–water partition coefficient (Wildman–Crippen LogP) is 5.01. The van der Waals surface area contributed by atoms with Crippen molar-refractivity contribution in [2.45, 2.75) is 32.9 Å². The molecule has 0 bridgehead atoms. The van der Waals surface area contributed by atoms with Gasteiger partial charge in [0.25, 0.3) is 0 Å². The molecule has 0 saturated heterocycles. The van der Waals surface area contributed by atoms with Gasteiger partial charge in [-0.3, -0.25) is 0 Å². The number of ether oxygens (including phenoxy) is 1. The van der Waals surface area contributed by atoms with E-state index < -0.39 is 5.60 Å². The molecule has 0 aliphatic rings. The van der Waals surface area contributed by atoms with Crippen LogP contribution in [-0.2, 0) is 11.3 Å². The maximum Gasteiger partial charge on any atom is 0.410 e. The fourth-order valence-electron chi connectivity index (χ4n) is 2.60. The van der Waals surface area contributed by atoms with E-state index in [0.717, 1.165) is 5.56 Å². The molecule has 2 rings (SSSR count). The summed E-state index contributed by atoms with van der Waals surface area (Å²) in [6.07, 6.45) is -0.363. The number of amides is 1. The van der Waals surface area contributed by atoms with Crippen LogP contribution in [0, 0.1) is 11.6 Å². The van der Waals surface area contributed by atoms with Crippen molar-refractivity contribution >= 4 is 17.5 Å². The van der Waals surface area contributed by atoms with Gasteiger partial charge in [-0.15, -0.1) is 0 Å². The molecule has 29 heavy (non-hydrogen) atoms. The highest BCUT2D eigenvalue weighted by molar-refractivity contribution is 5.67. The highest BCUT2D eigenvalue weighted by Gasteiger charge is 2.19. The topological polar surface area (TPSA) is 44.8 Å². The standard InChI is InChI=1S/C22H29F2N3O2/c1-22(2,3)29-21(28)27(5)13-12-26(4)15-16-6-11-19(24)20(14-16)25-18-9-7-17(23)8-10-18/h6-11,14,25H,12-13,15H2,1-5H3. The molecule has 0 unspecified atom stereocenters. The van der Waals surface area contributed by atoms with Gasteiger partial charge in [0.15, 0.2) is 0 Å². The van der Waals surface area contributed by atoms with Crippen molar-refractivity contribution in [3.8, 4) is 0 Å². The first-order valence-corrected chi connectivity index (χ1v) is 9.47. The van der Waals surface area contributed by atoms with Crippen LogP contribution in [0.1, 0.15) is 26.3 Å². The second-order valence-corrected chi connectivity index (χ2v) is 8.09. The van der Waals surface area contributed by atoms with Crippen molar-refractivity contribution in [1.82, 2.24) is 9.80 Å². The highest BCUT2D eigenvalue weighted by atomic mass is 19.1. The maximum atomic E-state index is 14.1. The van der Waals surface area contributed by atoms with Crippen LogP contribution in [0.4, 0.5) is 25.0 Å². The number of likely N-dealkylation sites (N-methyl/N-ethyl adjacent to an activating group) is 2. The lowest BCUT2D eigenvalue weighted by Gasteiger charge is -2.26. The lowest BCUT2D eigenvalue weighted by atomic mass is 10.1. The third kappa shape index (κ3) is 7.69. The van der Waals surface area contributed by atoms with Gasteiger partial charge in [0.05, 0.1) is 5.69 Å². The molecule has 0 atom stereocenters. The summed E-state index contributed by atoms with van der Waals surface area (Å²) in [4.78, 5) is 15.6. The minimum atomic E-state index is -0.528. The Morgan fingerprint density at radius 3 is 2.31 bits per heavy atom. The number of nitrogens with zero attached hydrogens (tertiary/aromatic N) is 2. The van der Waals surface area contributed by atoms with Crippen LogP contribution in [0.15, 0.2) is 42.5 Å². The first-order chi connectivity index (χ1) is 13.5. The van der Waals surface area contributed by atoms with Gasteiger partial charge in [-0.05, 0) is 69.8 Å². The number of carbonyl (C=O) groups excluding carboxylic acids is 1. The summed E-state index contributed by atoms with van der Waals surface area (Å²) in [5, 5.41) is 2.97. The van der Waals surface area contributed by atoms with Gasteiger partial charge in [0.1, 0.15) is 17.2 Å². The molecular weight excluding hydrogens is 376 g/mol. The molecule has 0 aromatic heterocycles. The second kappa shape index (κ2) is 9.69. The summed E-state index contributed by atoms with van der Waals surface area (Å²) in [5.41, 5.74) is 1.32. The molecule has 1 amide bonds. The zero-order valence-electron chi connectivity index (χ0n) is 17.6. The maximum absolute atomic E-state index is 14.1. The van der Waals surface area contributed by atoms with Crippen LogP contribution in [-0.4, -0.2) is 48.7 Å². The van der Waals surface area contributed by atoms with Crippen LogP contribution >= 0.6 is 0 Å². The van der Waals surface area contributed by atoms with Crippen LogP contribution in [0.3, 0.4) is 0 Å². The molecule has 0 radical (unpaired) electrons. The lowest BCUT2D eigenvalue weighted by molar-refractivity contribution is 0.0286. The summed E-state index contributed by atoms with van der Waals surface area (Å²) in [6, 6.07) is 10.6. The number of anilines is 2. The summed E-state index contributed by atoms with van der Waals surface area (Å²) < 4.78 is 32.5. The first-order valence-electron chi connectivity index (χ1n) is 9.47. The van der Waals surface area contributed by atoms with Crippen molar-refractivity contribution in [3.63, 3.8) is 0 Å². The second-order valence-electron chi connectivity index (χ2n) is 8.09. The molecule has 0 heterocycles. The molecule has 2 aromatic carbocycles. The molecule has 0 fully saturated rings. The first kappa shape index (κ1) is 22.6. The van der Waals surface area contributed by atoms with E-state index in [-0.39, 0.29) is 17.7 Å². The number of halogens is 2. The van der Waals surface area contributed by atoms with Crippen LogP contribution < -0.4 is 5.32 Å². The van der Waals surface area contributed by atoms with Crippen LogP contribution in [0.25, 0.3) is 0 Å². The van der Waals surface area contributed by atoms with Gasteiger partial charge in [-0.25, -0.2) is 13.6 Å². The third-order valence-electron chi connectivity index (χ3n) is 4.13. The zero-order valence-corrected chi connectivity index (χ0v) is 17.6. The highest BCUT2D eigenvalue weighted by Crippen LogP contribution is 2.22. The largest absolute Gasteiger partial charge is 0.444 e. The SMILES string of the molecule is CN(CCN(C)C(=O)OC(C)(C)C)Cc1ccc(F)c(Nc2ccc(F)cc2)c1. The average molecular weight is 405 g/mol. The van der Waals surface area contributed by atoms with Gasteiger partial charge in [-0.1, -0.05) is 6.07 Å². The van der Waals surface area contributed by atoms with E-state index in [9.17, 15) is 13.6 Å². The Morgan fingerprint density at radius 2 is 1.69 bits per heavy atom. The summed E-state index contributed by atoms with van der Waals surface area (Å²) >= 11 is 0. The van der Waals surface area contributed by atoms with E-state index in [0.29, 0.717) is 31.0 Å². The predicted molar refractivity (Wildman–Crippen MR) is 111 cm³/mol. The van der Waals surface area contributed by atoms with Gasteiger partial charge < -0.3 is 19.9 Å². The number of hydrogen-bond donors (Lipinski definition) is 1. The van der Waals surface area contributed by atoms with E-state index in [1.54, 1.807) is 31.3 Å². The quantitative estimate of drug-likeness (QED) is 0.704. The molecule has 158 valence electrons. The van der Waals surface area contributed by atoms with Crippen LogP contribution in [0.5, 0.6) is 0 Å². The number of hydrogen-bond acceptors (Lipinski definition) is 4. The Kier molecular flexibility index (Phi) is 7.56. The molecule has 0 aliphatic carbocycles. The molecule has 2 aromatic rings. The third-order valence-corrected chi connectivity index (χ3v) is 4.13. The van der Waals surface area contributed by atoms with Crippen molar-refractivity contribution < 1.29 is 18.3 Å². The number of rotatable bonds is 7. The van der Waals surface area contributed by atoms with Gasteiger partial charge >= 0.3 is 6.09 Å². The molecule has 0 spiro atoms. The molecular formula is C22H29F2N3O2. The Balaban J connectivity index is 1.92. The Hall–Kier alpha value is -2.67. The summed E-state index contributed by atoms with van der Waals surface area (Å²) in [7, 11) is 3.63. The Morgan fingerprint density at radius 1 is 1.03 bits per heavy atom. The van der Waals surface area contributed by atoms with E-state index >= 15 is 0 Å². The van der Waals surface area contributed by atoms with Gasteiger partial charge in [0, 0.05) is 32.4 Å². The van der Waals surface area contributed by atoms with Crippen LogP contribution in [0.2, 0.25) is 0 Å². The van der Waals surface area contributed by atoms with Crippen molar-refractivity contribution in [1.29, 1.82) is 0 Å². The van der Waals surface area contributed by atoms with E-state index in [1.807, 2.05) is 32.7 Å². The molecule has 7 heteroatoms. The normalized spacial score (nSPS) is 11.4. The van der Waals surface area contributed by atoms with Gasteiger partial charge in [0.2, 0.25) is 0 Å². The Labute approximate surface area is 171 Å². The number of carbonyl (C=O) groups is 1. The summed E-state index contributed by atoms with van der Waals surface area (Å²) in [6.45, 7) is 7.21. The fourth-order valence-corrected chi connectivity index (χ4v) is 2.60. The summed E-state index contributed by atoms with van der Waals surface area (Å²) in [5.74, 6) is -0.729. The molecule has 0 aliphatic heterocycles. The molecule has 0 saturated carbocycles. The van der Waals surface area contributed by atoms with Crippen molar-refractivity contribution in [2.24, 2.45) is 0 Å².